The van der Waals surface area contributed by atoms with E-state index < -0.39 is 293 Å². The quantitative estimate of drug-likeness (QED) is 0.161. The summed E-state index contributed by atoms with van der Waals surface area (Å²) in [6.45, 7) is 0. The van der Waals surface area contributed by atoms with Crippen LogP contribution >= 0.6 is 0 Å². The molecule has 3 heterocycles. The lowest BCUT2D eigenvalue weighted by Gasteiger charge is -2.13. The molecular formula is C50H32N2O. The number of benzene rings is 7. The lowest BCUT2D eigenvalue weighted by molar-refractivity contribution is 0.599. The summed E-state index contributed by atoms with van der Waals surface area (Å²) in [4.78, 5) is 8.43. The minimum absolute atomic E-state index is 0.471. The Morgan fingerprint density at radius 3 is 1.51 bits per heavy atom. The van der Waals surface area contributed by atoms with Gasteiger partial charge in [0.05, 0.1) is 60.6 Å². The summed E-state index contributed by atoms with van der Waals surface area (Å²) < 4.78 is 292. The first kappa shape index (κ1) is 12.3. The summed E-state index contributed by atoms with van der Waals surface area (Å²) in [5.74, 6) is -2.13. The molecule has 3 aromatic heterocycles. The molecule has 0 aliphatic heterocycles. The Morgan fingerprint density at radius 1 is 0.377 bits per heavy atom. The van der Waals surface area contributed by atoms with E-state index in [1.165, 1.54) is 0 Å². The van der Waals surface area contributed by atoms with Crippen molar-refractivity contribution in [3.8, 4) is 67.3 Å². The average Bonchev–Trinajstić information content (AvgIpc) is 1.71. The molecule has 0 saturated carbocycles. The average molecular weight is 709 g/mol. The number of nitrogens with zero attached hydrogens (tertiary/aromatic N) is 2. The first-order valence-corrected chi connectivity index (χ1v) is 15.3. The smallest absolute Gasteiger partial charge is 0.143 e. The Hall–Kier alpha value is -7.10. The van der Waals surface area contributed by atoms with Crippen molar-refractivity contribution in [3.63, 3.8) is 0 Å². The Bertz CT molecular complexity index is 4690. The van der Waals surface area contributed by atoms with Crippen LogP contribution in [-0.4, -0.2) is 9.97 Å². The minimum atomic E-state index is -1.26. The maximum absolute atomic E-state index is 9.69. The van der Waals surface area contributed by atoms with Gasteiger partial charge in [0, 0.05) is 44.8 Å². The van der Waals surface area contributed by atoms with Gasteiger partial charge in [-0.1, -0.05) is 175 Å². The van der Waals surface area contributed by atoms with Crippen molar-refractivity contribution in [2.75, 3.05) is 0 Å². The Kier molecular flexibility index (Phi) is 2.98. The first-order valence-electron chi connectivity index (χ1n) is 31.3. The van der Waals surface area contributed by atoms with Crippen LogP contribution in [0.2, 0.25) is 0 Å². The molecule has 0 fully saturated rings. The van der Waals surface area contributed by atoms with E-state index in [1.807, 2.05) is 0 Å². The van der Waals surface area contributed by atoms with Gasteiger partial charge in [-0.2, -0.15) is 0 Å². The molecule has 0 unspecified atom stereocenters. The van der Waals surface area contributed by atoms with Crippen molar-refractivity contribution in [1.29, 1.82) is 0 Å². The second kappa shape index (κ2) is 12.9. The number of hydrogen-bond acceptors (Lipinski definition) is 3. The van der Waals surface area contributed by atoms with Crippen molar-refractivity contribution in [2.24, 2.45) is 0 Å². The Labute approximate surface area is 352 Å². The third-order valence-corrected chi connectivity index (χ3v) is 7.93. The van der Waals surface area contributed by atoms with Gasteiger partial charge in [-0.05, 0) is 45.1 Å². The van der Waals surface area contributed by atoms with Crippen LogP contribution < -0.4 is 0 Å². The molecular weight excluding hydrogens is 645 g/mol. The van der Waals surface area contributed by atoms with Crippen molar-refractivity contribution < 1.29 is 48.3 Å². The van der Waals surface area contributed by atoms with E-state index in [0.29, 0.717) is 0 Å². The molecule has 3 heteroatoms. The standard InChI is InChI=1S/C50H32N2O/c1-4-13-34(14-5-1)45-46(35-15-6-2-7-16-35)50(53-49(45)38-17-8-3-9-18-38)39-26-22-33(23-27-39)40-29-30-43(42-21-11-10-20-41(40)42)44-31-28-37-25-24-36-19-12-32-51-47(36)48(37)52-44/h1-32H/i1D,2D,3D,4D,5D,6D,7D,8D,9D,10D,11D,12D,13D,14D,15D,16D,17D,18D,19D,20D,21D,22D,23D,24D,25D,26D,27D,28D,29D,30D,31D,32D. The molecule has 0 atom stereocenters. The fraction of sp³-hybridized carbons (Fsp3) is 0. The van der Waals surface area contributed by atoms with Gasteiger partial charge in [-0.25, -0.2) is 4.98 Å². The van der Waals surface area contributed by atoms with Crippen molar-refractivity contribution in [3.05, 3.63) is 193 Å². The predicted octanol–water partition coefficient (Wildman–Crippen LogP) is 13.5. The third kappa shape index (κ3) is 5.38. The molecule has 10 aromatic rings. The lowest BCUT2D eigenvalue weighted by Crippen LogP contribution is -1.91. The predicted molar refractivity (Wildman–Crippen MR) is 219 cm³/mol. The Balaban J connectivity index is 1.39. The molecule has 0 radical (unpaired) electrons. The maximum Gasteiger partial charge on any atom is 0.143 e. The third-order valence-electron chi connectivity index (χ3n) is 7.93. The molecule has 0 amide bonds. The molecule has 0 spiro atoms. The summed E-state index contributed by atoms with van der Waals surface area (Å²) in [7, 11) is 0. The second-order valence-corrected chi connectivity index (χ2v) is 10.9. The first-order chi connectivity index (χ1) is 39.6. The van der Waals surface area contributed by atoms with E-state index in [2.05, 4.69) is 9.97 Å². The fourth-order valence-electron chi connectivity index (χ4n) is 5.66. The van der Waals surface area contributed by atoms with Gasteiger partial charge < -0.3 is 4.42 Å². The zero-order valence-electron chi connectivity index (χ0n) is 58.3. The van der Waals surface area contributed by atoms with E-state index in [0.717, 1.165) is 0 Å². The summed E-state index contributed by atoms with van der Waals surface area (Å²) in [6, 6.07) is -31.9. The van der Waals surface area contributed by atoms with E-state index in [1.54, 1.807) is 0 Å². The maximum atomic E-state index is 9.69. The fourth-order valence-corrected chi connectivity index (χ4v) is 5.66. The number of rotatable bonds is 6. The van der Waals surface area contributed by atoms with E-state index in [4.69, 9.17) is 37.3 Å². The summed E-state index contributed by atoms with van der Waals surface area (Å²) in [5.41, 5.74) is -10.2. The van der Waals surface area contributed by atoms with Gasteiger partial charge in [-0.15, -0.1) is 0 Å². The van der Waals surface area contributed by atoms with Crippen LogP contribution in [0.3, 0.4) is 0 Å². The second-order valence-electron chi connectivity index (χ2n) is 10.9. The highest BCUT2D eigenvalue weighted by molar-refractivity contribution is 6.07. The molecule has 10 rings (SSSR count). The Morgan fingerprint density at radius 2 is 0.868 bits per heavy atom. The number of aromatic nitrogens is 2. The van der Waals surface area contributed by atoms with Crippen LogP contribution in [0.5, 0.6) is 0 Å². The number of fused-ring (bicyclic) bond motifs is 4. The molecule has 0 saturated heterocycles. The number of pyridine rings is 2. The van der Waals surface area contributed by atoms with E-state index in [-0.39, 0.29) is 0 Å². The molecule has 53 heavy (non-hydrogen) atoms. The van der Waals surface area contributed by atoms with Gasteiger partial charge in [0.2, 0.25) is 0 Å². The van der Waals surface area contributed by atoms with Crippen LogP contribution in [0.4, 0.5) is 0 Å². The van der Waals surface area contributed by atoms with Crippen LogP contribution in [0, 0.1) is 0 Å². The zero-order valence-corrected chi connectivity index (χ0v) is 26.3. The SMILES string of the molecule is [2H]c1nc2c(c([2H])c1[2H])c([2H])c([2H])c1c([2H])c([2H])c(-c3c([2H])c([2H])c(-c4c([2H])c([2H])c(-c5oc(-c6c([2H])c([2H])c([2H])c([2H])c6[2H])c(-c6c([2H])c([2H])c([2H])c([2H])c6[2H])c5-c5c([2H])c([2H])c([2H])c([2H])c5[2H])c([2H])c4[2H])c4c([2H])c([2H])c([2H])c([2H])c34)nc12. The van der Waals surface area contributed by atoms with Crippen molar-refractivity contribution in [2.45, 2.75) is 0 Å². The highest BCUT2D eigenvalue weighted by Crippen LogP contribution is 2.48. The zero-order chi connectivity index (χ0) is 63.0. The lowest BCUT2D eigenvalue weighted by atomic mass is 9.90. The van der Waals surface area contributed by atoms with Crippen molar-refractivity contribution in [1.82, 2.24) is 9.97 Å². The molecule has 7 aromatic carbocycles. The van der Waals surface area contributed by atoms with Gasteiger partial charge in [-0.3, -0.25) is 4.98 Å². The molecule has 3 nitrogen and oxygen atoms in total. The molecule has 0 aliphatic rings. The molecule has 0 bridgehead atoms. The van der Waals surface area contributed by atoms with Gasteiger partial charge in [0.25, 0.3) is 0 Å². The molecule has 248 valence electrons. The number of furan rings is 1. The van der Waals surface area contributed by atoms with Crippen LogP contribution in [0.25, 0.3) is 99.9 Å². The van der Waals surface area contributed by atoms with Gasteiger partial charge in [0.1, 0.15) is 11.5 Å². The van der Waals surface area contributed by atoms with Crippen LogP contribution in [-0.2, 0) is 0 Å². The van der Waals surface area contributed by atoms with E-state index >= 15 is 0 Å². The summed E-state index contributed by atoms with van der Waals surface area (Å²) >= 11 is 0. The highest BCUT2D eigenvalue weighted by Gasteiger charge is 2.25. The normalized spacial score (nSPS) is 19.8. The van der Waals surface area contributed by atoms with Gasteiger partial charge >= 0.3 is 0 Å². The van der Waals surface area contributed by atoms with Crippen molar-refractivity contribution >= 4 is 32.6 Å². The van der Waals surface area contributed by atoms with Gasteiger partial charge in [0.15, 0.2) is 0 Å². The summed E-state index contributed by atoms with van der Waals surface area (Å²) in [6.07, 6.45) is -0.799. The number of hydrogen-bond donors (Lipinski definition) is 0. The molecule has 0 aliphatic carbocycles. The van der Waals surface area contributed by atoms with E-state index in [9.17, 15) is 11.0 Å². The largest absolute Gasteiger partial charge is 0.455 e. The minimum Gasteiger partial charge on any atom is -0.455 e. The van der Waals surface area contributed by atoms with Crippen LogP contribution in [0.15, 0.2) is 198 Å². The highest BCUT2D eigenvalue weighted by atomic mass is 16.3. The summed E-state index contributed by atoms with van der Waals surface area (Å²) in [5, 5.41) is -2.56. The van der Waals surface area contributed by atoms with Crippen LogP contribution in [0.1, 0.15) is 43.9 Å². The monoisotopic (exact) mass is 708 g/mol. The topological polar surface area (TPSA) is 38.9 Å². The molecule has 0 N–H and O–H groups in total.